The number of carbonyl (C=O) groups is 1. The van der Waals surface area contributed by atoms with Gasteiger partial charge in [0.05, 0.1) is 6.20 Å². The normalized spacial score (nSPS) is 23.5. The van der Waals surface area contributed by atoms with Crippen LogP contribution in [0.4, 0.5) is 10.5 Å². The highest BCUT2D eigenvalue weighted by atomic mass is 16.3. The summed E-state index contributed by atoms with van der Waals surface area (Å²) in [5, 5.41) is 3.05. The summed E-state index contributed by atoms with van der Waals surface area (Å²) in [5.74, 6) is 0.571. The Kier molecular flexibility index (Phi) is 4.21. The molecule has 1 aromatic carbocycles. The van der Waals surface area contributed by atoms with Gasteiger partial charge in [-0.2, -0.15) is 0 Å². The summed E-state index contributed by atoms with van der Waals surface area (Å²) >= 11 is 0. The van der Waals surface area contributed by atoms with Crippen molar-refractivity contribution in [3.05, 3.63) is 36.2 Å². The van der Waals surface area contributed by atoms with Gasteiger partial charge in [0.25, 0.3) is 0 Å². The SMILES string of the molecule is Cc1ccc(NC(=O)N2CC3CCCN3CC2C)cc1-c1ncco1. The van der Waals surface area contributed by atoms with Crippen LogP contribution in [0.5, 0.6) is 0 Å². The third kappa shape index (κ3) is 3.14. The molecule has 2 aliphatic rings. The number of carbonyl (C=O) groups excluding carboxylic acids is 1. The van der Waals surface area contributed by atoms with E-state index in [-0.39, 0.29) is 12.1 Å². The first-order valence-corrected chi connectivity index (χ1v) is 8.94. The highest BCUT2D eigenvalue weighted by molar-refractivity contribution is 5.90. The maximum Gasteiger partial charge on any atom is 0.322 e. The monoisotopic (exact) mass is 340 g/mol. The van der Waals surface area contributed by atoms with Crippen molar-refractivity contribution in [2.24, 2.45) is 0 Å². The lowest BCUT2D eigenvalue weighted by atomic mass is 10.1. The summed E-state index contributed by atoms with van der Waals surface area (Å²) in [6.45, 7) is 7.08. The van der Waals surface area contributed by atoms with Gasteiger partial charge in [0, 0.05) is 36.4 Å². The zero-order chi connectivity index (χ0) is 17.4. The third-order valence-electron chi connectivity index (χ3n) is 5.35. The van der Waals surface area contributed by atoms with Crippen molar-refractivity contribution in [2.75, 3.05) is 25.0 Å². The van der Waals surface area contributed by atoms with Crippen molar-refractivity contribution in [2.45, 2.75) is 38.8 Å². The maximum atomic E-state index is 12.8. The van der Waals surface area contributed by atoms with Crippen LogP contribution in [-0.4, -0.2) is 52.5 Å². The van der Waals surface area contributed by atoms with Gasteiger partial charge in [-0.05, 0) is 50.9 Å². The number of piperazine rings is 1. The van der Waals surface area contributed by atoms with Crippen LogP contribution < -0.4 is 5.32 Å². The first kappa shape index (κ1) is 16.1. The second kappa shape index (κ2) is 6.52. The van der Waals surface area contributed by atoms with Gasteiger partial charge in [-0.25, -0.2) is 9.78 Å². The van der Waals surface area contributed by atoms with Crippen LogP contribution in [0.1, 0.15) is 25.3 Å². The average Bonchev–Trinajstić information content (AvgIpc) is 3.26. The Hall–Kier alpha value is -2.34. The second-order valence-corrected chi connectivity index (χ2v) is 7.09. The van der Waals surface area contributed by atoms with E-state index in [1.165, 1.54) is 19.4 Å². The summed E-state index contributed by atoms with van der Waals surface area (Å²) in [7, 11) is 0. The number of hydrogen-bond donors (Lipinski definition) is 1. The molecule has 2 atom stereocenters. The summed E-state index contributed by atoms with van der Waals surface area (Å²) in [4.78, 5) is 21.5. The van der Waals surface area contributed by atoms with E-state index in [1.807, 2.05) is 30.0 Å². The molecule has 1 aromatic heterocycles. The molecule has 2 fully saturated rings. The maximum absolute atomic E-state index is 12.8. The minimum Gasteiger partial charge on any atom is -0.445 e. The van der Waals surface area contributed by atoms with Crippen LogP contribution >= 0.6 is 0 Å². The highest BCUT2D eigenvalue weighted by Gasteiger charge is 2.36. The molecule has 132 valence electrons. The Morgan fingerprint density at radius 1 is 1.36 bits per heavy atom. The van der Waals surface area contributed by atoms with Gasteiger partial charge in [0.15, 0.2) is 0 Å². The number of nitrogens with zero attached hydrogens (tertiary/aromatic N) is 3. The third-order valence-corrected chi connectivity index (χ3v) is 5.35. The Labute approximate surface area is 147 Å². The van der Waals surface area contributed by atoms with Gasteiger partial charge in [-0.3, -0.25) is 4.90 Å². The molecule has 0 aliphatic carbocycles. The molecule has 2 unspecified atom stereocenters. The van der Waals surface area contributed by atoms with Gasteiger partial charge in [0.2, 0.25) is 5.89 Å². The van der Waals surface area contributed by atoms with E-state index in [0.717, 1.165) is 29.9 Å². The predicted octanol–water partition coefficient (Wildman–Crippen LogP) is 3.35. The number of fused-ring (bicyclic) bond motifs is 1. The van der Waals surface area contributed by atoms with Crippen LogP contribution in [-0.2, 0) is 0 Å². The fraction of sp³-hybridized carbons (Fsp3) is 0.474. The molecule has 2 aliphatic heterocycles. The van der Waals surface area contributed by atoms with Crippen LogP contribution in [0.3, 0.4) is 0 Å². The van der Waals surface area contributed by atoms with E-state index in [9.17, 15) is 4.79 Å². The zero-order valence-electron chi connectivity index (χ0n) is 14.7. The quantitative estimate of drug-likeness (QED) is 0.911. The Balaban J connectivity index is 1.50. The van der Waals surface area contributed by atoms with Crippen LogP contribution in [0.25, 0.3) is 11.5 Å². The van der Waals surface area contributed by atoms with Gasteiger partial charge in [-0.1, -0.05) is 6.07 Å². The molecule has 25 heavy (non-hydrogen) atoms. The molecule has 0 spiro atoms. The van der Waals surface area contributed by atoms with E-state index in [1.54, 1.807) is 12.5 Å². The highest BCUT2D eigenvalue weighted by Crippen LogP contribution is 2.27. The first-order chi connectivity index (χ1) is 12.1. The molecule has 4 rings (SSSR count). The van der Waals surface area contributed by atoms with Gasteiger partial charge >= 0.3 is 6.03 Å². The predicted molar refractivity (Wildman–Crippen MR) is 96.5 cm³/mol. The van der Waals surface area contributed by atoms with E-state index < -0.39 is 0 Å². The van der Waals surface area contributed by atoms with Crippen molar-refractivity contribution >= 4 is 11.7 Å². The van der Waals surface area contributed by atoms with Crippen molar-refractivity contribution in [3.8, 4) is 11.5 Å². The smallest absolute Gasteiger partial charge is 0.322 e. The van der Waals surface area contributed by atoms with E-state index >= 15 is 0 Å². The molecule has 0 saturated carbocycles. The minimum absolute atomic E-state index is 0.0266. The van der Waals surface area contributed by atoms with Gasteiger partial charge < -0.3 is 14.6 Å². The van der Waals surface area contributed by atoms with Crippen LogP contribution in [0.15, 0.2) is 35.1 Å². The first-order valence-electron chi connectivity index (χ1n) is 8.94. The Morgan fingerprint density at radius 2 is 2.24 bits per heavy atom. The number of rotatable bonds is 2. The lowest BCUT2D eigenvalue weighted by molar-refractivity contribution is 0.0861. The summed E-state index contributed by atoms with van der Waals surface area (Å²) in [5.41, 5.74) is 2.73. The molecular weight excluding hydrogens is 316 g/mol. The number of oxazole rings is 1. The molecule has 6 nitrogen and oxygen atoms in total. The summed E-state index contributed by atoms with van der Waals surface area (Å²) < 4.78 is 5.40. The molecule has 2 aromatic rings. The molecule has 2 saturated heterocycles. The molecule has 1 N–H and O–H groups in total. The topological polar surface area (TPSA) is 61.6 Å². The van der Waals surface area contributed by atoms with Crippen molar-refractivity contribution in [3.63, 3.8) is 0 Å². The van der Waals surface area contributed by atoms with Crippen molar-refractivity contribution in [1.29, 1.82) is 0 Å². The van der Waals surface area contributed by atoms with E-state index in [2.05, 4.69) is 22.1 Å². The molecule has 2 amide bonds. The Bertz CT molecular complexity index is 759. The fourth-order valence-electron chi connectivity index (χ4n) is 3.95. The number of amides is 2. The van der Waals surface area contributed by atoms with Gasteiger partial charge in [-0.15, -0.1) is 0 Å². The lowest BCUT2D eigenvalue weighted by Crippen LogP contribution is -2.57. The second-order valence-electron chi connectivity index (χ2n) is 7.09. The van der Waals surface area contributed by atoms with Crippen molar-refractivity contribution in [1.82, 2.24) is 14.8 Å². The zero-order valence-corrected chi connectivity index (χ0v) is 14.7. The average molecular weight is 340 g/mol. The number of anilines is 1. The summed E-state index contributed by atoms with van der Waals surface area (Å²) in [6, 6.07) is 6.55. The molecule has 6 heteroatoms. The fourth-order valence-corrected chi connectivity index (χ4v) is 3.95. The number of urea groups is 1. The standard InChI is InChI=1S/C19H24N4O2/c1-13-5-6-15(10-17(13)18-20-7-9-25-18)21-19(24)23-12-16-4-3-8-22(16)11-14(23)2/h5-7,9-10,14,16H,3-4,8,11-12H2,1-2H3,(H,21,24). The van der Waals surface area contributed by atoms with E-state index in [4.69, 9.17) is 4.42 Å². The molecule has 3 heterocycles. The number of benzene rings is 1. The van der Waals surface area contributed by atoms with Gasteiger partial charge in [0.1, 0.15) is 6.26 Å². The van der Waals surface area contributed by atoms with E-state index in [0.29, 0.717) is 11.9 Å². The number of hydrogen-bond acceptors (Lipinski definition) is 4. The molecular formula is C19H24N4O2. The van der Waals surface area contributed by atoms with Crippen LogP contribution in [0, 0.1) is 6.92 Å². The van der Waals surface area contributed by atoms with Crippen molar-refractivity contribution < 1.29 is 9.21 Å². The molecule has 0 radical (unpaired) electrons. The number of aryl methyl sites for hydroxylation is 1. The Morgan fingerprint density at radius 3 is 3.04 bits per heavy atom. The largest absolute Gasteiger partial charge is 0.445 e. The number of nitrogens with one attached hydrogen (secondary N) is 1. The van der Waals surface area contributed by atoms with Crippen LogP contribution in [0.2, 0.25) is 0 Å². The minimum atomic E-state index is -0.0266. The molecule has 0 bridgehead atoms. The summed E-state index contributed by atoms with van der Waals surface area (Å²) in [6.07, 6.45) is 5.62. The lowest BCUT2D eigenvalue weighted by Gasteiger charge is -2.42. The number of aromatic nitrogens is 1.